The van der Waals surface area contributed by atoms with Crippen LogP contribution in [0.3, 0.4) is 0 Å². The number of anilines is 2. The molecule has 2 aromatic carbocycles. The normalized spacial score (nSPS) is 10.7. The SMILES string of the molecule is Nc1cccc(C(=O)c2c[nH]c3ncc(Br)cc23)c1F.[C-]#[N+]c1cnc2[nH]cc(C(=O)c3cccc(N)c3F)c2c1. The first kappa shape index (κ1) is 27.2. The fourth-order valence-electron chi connectivity index (χ4n) is 4.15. The lowest BCUT2D eigenvalue weighted by Gasteiger charge is -2.03. The summed E-state index contributed by atoms with van der Waals surface area (Å²) in [6.45, 7) is 6.99. The highest BCUT2D eigenvalue weighted by atomic mass is 79.9. The number of rotatable bonds is 4. The van der Waals surface area contributed by atoms with Crippen molar-refractivity contribution in [2.45, 2.75) is 0 Å². The van der Waals surface area contributed by atoms with Gasteiger partial charge in [0.15, 0.2) is 23.2 Å². The number of nitrogens with zero attached hydrogens (tertiary/aromatic N) is 3. The van der Waals surface area contributed by atoms with Crippen LogP contribution >= 0.6 is 15.9 Å². The largest absolute Gasteiger partial charge is 0.396 e. The fraction of sp³-hybridized carbons (Fsp3) is 0. The van der Waals surface area contributed by atoms with Crippen molar-refractivity contribution in [3.05, 3.63) is 123 Å². The number of hydrogen-bond acceptors (Lipinski definition) is 6. The Morgan fingerprint density at radius 1 is 0.780 bits per heavy atom. The molecule has 0 radical (unpaired) electrons. The van der Waals surface area contributed by atoms with Gasteiger partial charge in [0.25, 0.3) is 0 Å². The van der Waals surface area contributed by atoms with Crippen molar-refractivity contribution in [1.82, 2.24) is 19.9 Å². The number of carbonyl (C=O) groups excluding carboxylic acids is 2. The van der Waals surface area contributed by atoms with Gasteiger partial charge in [-0.1, -0.05) is 12.1 Å². The van der Waals surface area contributed by atoms with Crippen molar-refractivity contribution in [3.8, 4) is 0 Å². The van der Waals surface area contributed by atoms with Gasteiger partial charge in [0.05, 0.1) is 29.1 Å². The van der Waals surface area contributed by atoms with Gasteiger partial charge in [-0.05, 0) is 52.3 Å². The van der Waals surface area contributed by atoms with E-state index in [9.17, 15) is 18.4 Å². The Morgan fingerprint density at radius 2 is 1.27 bits per heavy atom. The Bertz CT molecular complexity index is 2030. The maximum Gasteiger partial charge on any atom is 0.205 e. The zero-order valence-electron chi connectivity index (χ0n) is 20.9. The second-order valence-electron chi connectivity index (χ2n) is 8.73. The highest BCUT2D eigenvalue weighted by molar-refractivity contribution is 9.10. The number of pyridine rings is 2. The molecule has 4 heterocycles. The minimum atomic E-state index is -0.744. The van der Waals surface area contributed by atoms with E-state index in [1.807, 2.05) is 0 Å². The maximum absolute atomic E-state index is 14.0. The molecule has 4 aromatic heterocycles. The smallest absolute Gasteiger partial charge is 0.205 e. The van der Waals surface area contributed by atoms with Crippen LogP contribution in [0.2, 0.25) is 0 Å². The van der Waals surface area contributed by atoms with Gasteiger partial charge in [-0.2, -0.15) is 0 Å². The van der Waals surface area contributed by atoms with E-state index in [4.69, 9.17) is 18.0 Å². The minimum absolute atomic E-state index is 0.0463. The Morgan fingerprint density at radius 3 is 1.78 bits per heavy atom. The second-order valence-corrected chi connectivity index (χ2v) is 9.65. The molecule has 12 heteroatoms. The molecule has 6 N–H and O–H groups in total. The molecule has 0 atom stereocenters. The maximum atomic E-state index is 14.0. The number of halogens is 3. The van der Waals surface area contributed by atoms with Crippen LogP contribution in [0.1, 0.15) is 31.8 Å². The van der Waals surface area contributed by atoms with Gasteiger partial charge < -0.3 is 21.4 Å². The molecular weight excluding hydrogens is 596 g/mol. The van der Waals surface area contributed by atoms with E-state index in [1.54, 1.807) is 24.4 Å². The molecule has 0 aliphatic rings. The summed E-state index contributed by atoms with van der Waals surface area (Å²) in [5.74, 6) is -2.38. The topological polar surface area (TPSA) is 148 Å². The summed E-state index contributed by atoms with van der Waals surface area (Å²) in [5.41, 5.74) is 12.7. The summed E-state index contributed by atoms with van der Waals surface area (Å²) in [5, 5.41) is 1.11. The van der Waals surface area contributed by atoms with Crippen LogP contribution in [0.5, 0.6) is 0 Å². The van der Waals surface area contributed by atoms with E-state index in [2.05, 4.69) is 40.7 Å². The summed E-state index contributed by atoms with van der Waals surface area (Å²) < 4.78 is 28.7. The number of benzene rings is 2. The van der Waals surface area contributed by atoms with Crippen molar-refractivity contribution >= 4 is 66.6 Å². The molecule has 0 saturated carbocycles. The average Bonchev–Trinajstić information content (AvgIpc) is 3.59. The number of aromatic amines is 2. The molecule has 0 unspecified atom stereocenters. The molecule has 202 valence electrons. The third-order valence-corrected chi connectivity index (χ3v) is 6.61. The van der Waals surface area contributed by atoms with Gasteiger partial charge in [-0.15, -0.1) is 0 Å². The quantitative estimate of drug-likeness (QED) is 0.103. The summed E-state index contributed by atoms with van der Waals surface area (Å²) in [4.78, 5) is 42.1. The first-order chi connectivity index (χ1) is 19.7. The number of ketones is 2. The van der Waals surface area contributed by atoms with E-state index >= 15 is 0 Å². The van der Waals surface area contributed by atoms with Crippen LogP contribution in [-0.4, -0.2) is 31.5 Å². The number of fused-ring (bicyclic) bond motifs is 2. The number of carbonyl (C=O) groups is 2. The summed E-state index contributed by atoms with van der Waals surface area (Å²) >= 11 is 3.30. The predicted octanol–water partition coefficient (Wildman–Crippen LogP) is 6.34. The minimum Gasteiger partial charge on any atom is -0.396 e. The molecule has 0 aliphatic carbocycles. The first-order valence-electron chi connectivity index (χ1n) is 11.8. The molecule has 41 heavy (non-hydrogen) atoms. The predicted molar refractivity (Wildman–Crippen MR) is 155 cm³/mol. The third kappa shape index (κ3) is 5.13. The van der Waals surface area contributed by atoms with Crippen molar-refractivity contribution in [2.75, 3.05) is 11.5 Å². The molecule has 0 spiro atoms. The lowest BCUT2D eigenvalue weighted by atomic mass is 10.0. The van der Waals surface area contributed by atoms with E-state index in [0.29, 0.717) is 33.3 Å². The van der Waals surface area contributed by atoms with Gasteiger partial charge >= 0.3 is 0 Å². The average molecular weight is 614 g/mol. The number of aromatic nitrogens is 4. The zero-order chi connectivity index (χ0) is 29.3. The van der Waals surface area contributed by atoms with Crippen LogP contribution < -0.4 is 11.5 Å². The molecule has 9 nitrogen and oxygen atoms in total. The number of H-pyrrole nitrogens is 2. The Labute approximate surface area is 239 Å². The molecule has 6 aromatic rings. The van der Waals surface area contributed by atoms with E-state index in [1.165, 1.54) is 48.9 Å². The molecule has 0 bridgehead atoms. The lowest BCUT2D eigenvalue weighted by molar-refractivity contribution is 0.102. The molecule has 6 rings (SSSR count). The number of nitrogens with two attached hydrogens (primary N) is 2. The van der Waals surface area contributed by atoms with E-state index in [-0.39, 0.29) is 28.1 Å². The Balaban J connectivity index is 0.000000165. The van der Waals surface area contributed by atoms with Crippen LogP contribution in [0, 0.1) is 18.2 Å². The molecule has 0 fully saturated rings. The monoisotopic (exact) mass is 613 g/mol. The highest BCUT2D eigenvalue weighted by Crippen LogP contribution is 2.27. The van der Waals surface area contributed by atoms with Crippen molar-refractivity contribution in [1.29, 1.82) is 0 Å². The summed E-state index contributed by atoms with van der Waals surface area (Å²) in [6.07, 6.45) is 6.00. The first-order valence-corrected chi connectivity index (χ1v) is 12.6. The van der Waals surface area contributed by atoms with Gasteiger partial charge in [0, 0.05) is 51.2 Å². The summed E-state index contributed by atoms with van der Waals surface area (Å²) in [7, 11) is 0. The second kappa shape index (κ2) is 11.0. The number of nitrogen functional groups attached to an aromatic ring is 2. The van der Waals surface area contributed by atoms with Gasteiger partial charge in [0.1, 0.15) is 11.3 Å². The fourth-order valence-corrected chi connectivity index (χ4v) is 4.48. The lowest BCUT2D eigenvalue weighted by Crippen LogP contribution is -2.05. The van der Waals surface area contributed by atoms with Gasteiger partial charge in [-0.25, -0.2) is 18.6 Å². The van der Waals surface area contributed by atoms with Crippen molar-refractivity contribution in [2.24, 2.45) is 0 Å². The molecule has 0 amide bonds. The Kier molecular flexibility index (Phi) is 7.28. The van der Waals surface area contributed by atoms with Crippen molar-refractivity contribution < 1.29 is 18.4 Å². The van der Waals surface area contributed by atoms with E-state index < -0.39 is 23.2 Å². The standard InChI is InChI=1S/C15H9FN4O.C14H9BrFN3O/c1-18-8-5-10-11(7-20-15(10)19-6-8)14(21)9-3-2-4-12(17)13(9)16;15-7-4-9-10(6-19-14(9)18-5-7)13(20)8-2-1-3-11(17)12(8)16/h2-7H,17H2,(H,19,20);1-6H,17H2,(H,18,19). The molecule has 0 saturated heterocycles. The molecule has 0 aliphatic heterocycles. The van der Waals surface area contributed by atoms with E-state index in [0.717, 1.165) is 4.47 Å². The van der Waals surface area contributed by atoms with Crippen LogP contribution in [0.4, 0.5) is 25.8 Å². The van der Waals surface area contributed by atoms with Crippen LogP contribution in [0.25, 0.3) is 26.9 Å². The molecular formula is C29H18BrF2N7O2. The van der Waals surface area contributed by atoms with Gasteiger partial charge in [-0.3, -0.25) is 14.6 Å². The van der Waals surface area contributed by atoms with Crippen molar-refractivity contribution in [3.63, 3.8) is 0 Å². The number of nitrogens with one attached hydrogen (secondary N) is 2. The third-order valence-electron chi connectivity index (χ3n) is 6.18. The Hall–Kier alpha value is -5.41. The summed E-state index contributed by atoms with van der Waals surface area (Å²) in [6, 6.07) is 12.0. The van der Waals surface area contributed by atoms with Gasteiger partial charge in [0.2, 0.25) is 5.69 Å². The van der Waals surface area contributed by atoms with Crippen LogP contribution in [0.15, 0.2) is 77.8 Å². The highest BCUT2D eigenvalue weighted by Gasteiger charge is 2.20. The zero-order valence-corrected chi connectivity index (χ0v) is 22.5. The number of hydrogen-bond donors (Lipinski definition) is 4. The van der Waals surface area contributed by atoms with Crippen LogP contribution in [-0.2, 0) is 0 Å².